The van der Waals surface area contributed by atoms with Crippen LogP contribution in [0.25, 0.3) is 0 Å². The molecule has 1 saturated heterocycles. The van der Waals surface area contributed by atoms with Crippen molar-refractivity contribution in [3.05, 3.63) is 243 Å². The summed E-state index contributed by atoms with van der Waals surface area (Å²) in [6.45, 7) is 0. The van der Waals surface area contributed by atoms with E-state index in [0.29, 0.717) is 0 Å². The third-order valence-corrected chi connectivity index (χ3v) is 67.5. The highest BCUT2D eigenvalue weighted by Crippen LogP contribution is 3.10. The molecule has 0 saturated carbocycles. The third kappa shape index (κ3) is 12.1. The second kappa shape index (κ2) is 25.0. The van der Waals surface area contributed by atoms with Crippen LogP contribution in [0, 0.1) is 0 Å². The first kappa shape index (κ1) is 47.3. The molecule has 0 amide bonds. The summed E-state index contributed by atoms with van der Waals surface area (Å²) in [5.74, 6) is 0. The maximum atomic E-state index is 2.57. The zero-order chi connectivity index (χ0) is 43.9. The molecule has 1 aliphatic rings. The van der Waals surface area contributed by atoms with Gasteiger partial charge in [0.1, 0.15) is 0 Å². The van der Waals surface area contributed by atoms with Gasteiger partial charge in [-0.1, -0.05) is 275 Å². The molecule has 8 atom stereocenters. The van der Waals surface area contributed by atoms with Crippen LogP contribution in [0.5, 0.6) is 0 Å². The van der Waals surface area contributed by atoms with Gasteiger partial charge in [0.15, 0.2) is 0 Å². The Balaban J connectivity index is 1.41. The van der Waals surface area contributed by atoms with E-state index in [1.165, 1.54) is 57.3 Å². The fraction of sp³-hybridized carbons (Fsp3) is 0.158. The lowest BCUT2D eigenvalue weighted by atomic mass is 10.1. The van der Waals surface area contributed by atoms with Crippen molar-refractivity contribution >= 4 is 101 Å². The summed E-state index contributed by atoms with van der Waals surface area (Å²) >= 11 is 0. The highest BCUT2D eigenvalue weighted by atomic mass is 32.9. The standard InChI is InChI=1S/C57H58P8/c1-2-4-30-48-58(50-32-14-6-15-33-50)60(52-36-18-8-19-37-52)62(54-40-22-10-23-41-54)64(56-44-26-12-27-45-56)65(57-46-28-13-29-47-57)63(55-42-24-11-25-43-55)61(53-38-20-9-21-39-53)59(49-31-5-3-1)51-34-16-7-17-35-51/h6-29,32-47H,1-5,30-31,48-49H2. The number of rotatable bonds is 8. The van der Waals surface area contributed by atoms with E-state index in [1.54, 1.807) is 42.4 Å². The van der Waals surface area contributed by atoms with Crippen LogP contribution in [-0.2, 0) is 0 Å². The lowest BCUT2D eigenvalue weighted by Crippen LogP contribution is -2.16. The Kier molecular flexibility index (Phi) is 18.2. The van der Waals surface area contributed by atoms with Crippen LogP contribution in [0.4, 0.5) is 0 Å². The second-order valence-electron chi connectivity index (χ2n) is 16.1. The summed E-state index contributed by atoms with van der Waals surface area (Å²) < 4.78 is 0. The predicted octanol–water partition coefficient (Wildman–Crippen LogP) is 16.6. The Morgan fingerprint density at radius 3 is 0.569 bits per heavy atom. The Hall–Kier alpha value is -2.80. The van der Waals surface area contributed by atoms with E-state index >= 15 is 0 Å². The van der Waals surface area contributed by atoms with Crippen LogP contribution < -0.4 is 42.4 Å². The monoisotopic (exact) mass is 990 g/mol. The van der Waals surface area contributed by atoms with Gasteiger partial charge < -0.3 is 0 Å². The average Bonchev–Trinajstić information content (AvgIpc) is 3.39. The molecule has 8 heteroatoms. The molecule has 65 heavy (non-hydrogen) atoms. The van der Waals surface area contributed by atoms with Gasteiger partial charge in [0.2, 0.25) is 0 Å². The van der Waals surface area contributed by atoms with Crippen molar-refractivity contribution in [3.63, 3.8) is 0 Å². The molecule has 0 radical (unpaired) electrons. The Labute approximate surface area is 398 Å². The summed E-state index contributed by atoms with van der Waals surface area (Å²) in [6.07, 6.45) is 11.9. The highest BCUT2D eigenvalue weighted by molar-refractivity contribution is 9.03. The van der Waals surface area contributed by atoms with E-state index < -0.39 is 59.0 Å². The summed E-state index contributed by atoms with van der Waals surface area (Å²) in [5.41, 5.74) is 0. The first-order chi connectivity index (χ1) is 32.3. The van der Waals surface area contributed by atoms with E-state index in [1.807, 2.05) is 0 Å². The minimum Gasteiger partial charge on any atom is -0.0622 e. The van der Waals surface area contributed by atoms with Crippen molar-refractivity contribution < 1.29 is 0 Å². The maximum absolute atomic E-state index is 2.57. The Morgan fingerprint density at radius 2 is 0.338 bits per heavy atom. The maximum Gasteiger partial charge on any atom is -0.00564 e. The van der Waals surface area contributed by atoms with E-state index in [4.69, 9.17) is 0 Å². The summed E-state index contributed by atoms with van der Waals surface area (Å²) in [5, 5.41) is 12.7. The Bertz CT molecular complexity index is 2370. The number of benzene rings is 8. The summed E-state index contributed by atoms with van der Waals surface area (Å²) in [6, 6.07) is 96.3. The van der Waals surface area contributed by atoms with Gasteiger partial charge in [0.05, 0.1) is 0 Å². The molecule has 0 aliphatic carbocycles. The summed E-state index contributed by atoms with van der Waals surface area (Å²) in [7, 11) is -5.47. The van der Waals surface area contributed by atoms with Crippen LogP contribution in [0.15, 0.2) is 243 Å². The van der Waals surface area contributed by atoms with Crippen molar-refractivity contribution in [2.75, 3.05) is 12.3 Å². The topological polar surface area (TPSA) is 0 Å². The first-order valence-electron chi connectivity index (χ1n) is 23.1. The van der Waals surface area contributed by atoms with Crippen molar-refractivity contribution in [2.24, 2.45) is 0 Å². The van der Waals surface area contributed by atoms with Gasteiger partial charge in [-0.05, 0) is 127 Å². The SMILES string of the molecule is c1ccc(P2CCCCCCCCCP(c3ccccc3)P(c3ccccc3)P(c3ccccc3)P(c3ccccc3)P(c3ccccc3)P(c3ccccc3)P2c2ccccc2)cc1. The zero-order valence-electron chi connectivity index (χ0n) is 37.0. The highest BCUT2D eigenvalue weighted by Gasteiger charge is 2.48. The van der Waals surface area contributed by atoms with Gasteiger partial charge in [-0.15, -0.1) is 0 Å². The molecule has 1 aliphatic heterocycles. The molecule has 0 bridgehead atoms. The molecule has 0 spiro atoms. The molecular weight excluding hydrogens is 932 g/mol. The van der Waals surface area contributed by atoms with E-state index in [9.17, 15) is 0 Å². The molecule has 326 valence electrons. The molecule has 0 aromatic heterocycles. The zero-order valence-corrected chi connectivity index (χ0v) is 44.2. The molecule has 8 unspecified atom stereocenters. The van der Waals surface area contributed by atoms with E-state index in [2.05, 4.69) is 243 Å². The fourth-order valence-electron chi connectivity index (χ4n) is 8.54. The smallest absolute Gasteiger partial charge is 0.00564 e. The first-order valence-corrected chi connectivity index (χ1v) is 39.1. The predicted molar refractivity (Wildman–Crippen MR) is 306 cm³/mol. The molecule has 0 N–H and O–H groups in total. The van der Waals surface area contributed by atoms with E-state index in [0.717, 1.165) is 0 Å². The van der Waals surface area contributed by atoms with Gasteiger partial charge in [0.25, 0.3) is 0 Å². The molecule has 1 heterocycles. The minimum atomic E-state index is -0.790. The van der Waals surface area contributed by atoms with Crippen molar-refractivity contribution in [1.29, 1.82) is 0 Å². The molecule has 9 rings (SSSR count). The van der Waals surface area contributed by atoms with Crippen molar-refractivity contribution in [1.82, 2.24) is 0 Å². The lowest BCUT2D eigenvalue weighted by molar-refractivity contribution is 0.605. The van der Waals surface area contributed by atoms with E-state index in [-0.39, 0.29) is 0 Å². The molecule has 1 fully saturated rings. The fourth-order valence-corrected chi connectivity index (χ4v) is 90.2. The van der Waals surface area contributed by atoms with Gasteiger partial charge in [0, 0.05) is 0 Å². The van der Waals surface area contributed by atoms with Crippen LogP contribution >= 0.6 is 59.0 Å². The second-order valence-corrected chi connectivity index (χ2v) is 49.2. The van der Waals surface area contributed by atoms with Gasteiger partial charge >= 0.3 is 0 Å². The molecular formula is C57H58P8. The molecule has 0 nitrogen and oxygen atoms in total. The molecule has 8 aromatic carbocycles. The van der Waals surface area contributed by atoms with Crippen LogP contribution in [-0.4, -0.2) is 12.3 Å². The average molecular weight is 991 g/mol. The van der Waals surface area contributed by atoms with Crippen molar-refractivity contribution in [3.8, 4) is 0 Å². The van der Waals surface area contributed by atoms with Gasteiger partial charge in [-0.2, -0.15) is 0 Å². The molecule has 8 aromatic rings. The summed E-state index contributed by atoms with van der Waals surface area (Å²) in [4.78, 5) is 0. The normalized spacial score (nSPS) is 23.8. The van der Waals surface area contributed by atoms with Crippen LogP contribution in [0.2, 0.25) is 0 Å². The van der Waals surface area contributed by atoms with Gasteiger partial charge in [-0.25, -0.2) is 0 Å². The van der Waals surface area contributed by atoms with Gasteiger partial charge in [-0.3, -0.25) is 0 Å². The lowest BCUT2D eigenvalue weighted by Gasteiger charge is -2.48. The number of hydrogen-bond acceptors (Lipinski definition) is 0. The quantitative estimate of drug-likeness (QED) is 0.133. The largest absolute Gasteiger partial charge is 0.0622 e. The third-order valence-electron chi connectivity index (χ3n) is 11.6. The Morgan fingerprint density at radius 1 is 0.169 bits per heavy atom. The number of hydrogen-bond donors (Lipinski definition) is 0. The van der Waals surface area contributed by atoms with Crippen LogP contribution in [0.3, 0.4) is 0 Å². The minimum absolute atomic E-state index is 0.532. The van der Waals surface area contributed by atoms with Crippen molar-refractivity contribution in [2.45, 2.75) is 44.9 Å². The van der Waals surface area contributed by atoms with Crippen LogP contribution in [0.1, 0.15) is 44.9 Å².